The normalized spacial score (nSPS) is 15.6. The van der Waals surface area contributed by atoms with Gasteiger partial charge in [-0.25, -0.2) is 0 Å². The molecule has 1 rings (SSSR count). The molecule has 0 spiro atoms. The first-order chi connectivity index (χ1) is 10.4. The standard InChI is InChI=1S/C21H36O2/c1-15(2)22-16(3)23-18-12-10-17(11-13-18)19(21(7,8)9)14-20(4,5)6/h10-13,15-16,19H,14H2,1-9H3. The molecule has 0 aliphatic carbocycles. The average Bonchev–Trinajstić information content (AvgIpc) is 2.33. The summed E-state index contributed by atoms with van der Waals surface area (Å²) in [5.74, 6) is 1.39. The van der Waals surface area contributed by atoms with Crippen molar-refractivity contribution < 1.29 is 9.47 Å². The summed E-state index contributed by atoms with van der Waals surface area (Å²) in [5, 5.41) is 0. The van der Waals surface area contributed by atoms with Crippen molar-refractivity contribution in [2.45, 2.75) is 87.0 Å². The summed E-state index contributed by atoms with van der Waals surface area (Å²) in [7, 11) is 0. The van der Waals surface area contributed by atoms with Gasteiger partial charge in [0.05, 0.1) is 6.10 Å². The summed E-state index contributed by atoms with van der Waals surface area (Å²) in [6.45, 7) is 19.9. The van der Waals surface area contributed by atoms with Crippen LogP contribution in [0, 0.1) is 10.8 Å². The van der Waals surface area contributed by atoms with E-state index in [2.05, 4.69) is 65.8 Å². The predicted molar refractivity (Wildman–Crippen MR) is 99.0 cm³/mol. The largest absolute Gasteiger partial charge is 0.465 e. The minimum absolute atomic E-state index is 0.168. The van der Waals surface area contributed by atoms with Crippen molar-refractivity contribution in [1.82, 2.24) is 0 Å². The minimum atomic E-state index is -0.228. The van der Waals surface area contributed by atoms with Gasteiger partial charge in [-0.05, 0) is 61.6 Å². The Hall–Kier alpha value is -1.02. The van der Waals surface area contributed by atoms with Crippen LogP contribution in [0.25, 0.3) is 0 Å². The lowest BCUT2D eigenvalue weighted by molar-refractivity contribution is -0.0950. The van der Waals surface area contributed by atoms with Crippen LogP contribution in [0.3, 0.4) is 0 Å². The van der Waals surface area contributed by atoms with E-state index in [1.807, 2.05) is 20.8 Å². The summed E-state index contributed by atoms with van der Waals surface area (Å²) in [6, 6.07) is 8.55. The first-order valence-electron chi connectivity index (χ1n) is 8.80. The number of benzene rings is 1. The zero-order chi connectivity index (χ0) is 17.8. The van der Waals surface area contributed by atoms with Gasteiger partial charge >= 0.3 is 0 Å². The Morgan fingerprint density at radius 1 is 0.870 bits per heavy atom. The molecule has 23 heavy (non-hydrogen) atoms. The van der Waals surface area contributed by atoms with Crippen LogP contribution in [-0.4, -0.2) is 12.4 Å². The molecule has 0 bridgehead atoms. The molecule has 0 aliphatic rings. The predicted octanol–water partition coefficient (Wildman–Crippen LogP) is 6.40. The number of hydrogen-bond acceptors (Lipinski definition) is 2. The molecule has 2 atom stereocenters. The molecule has 0 aromatic heterocycles. The van der Waals surface area contributed by atoms with Crippen LogP contribution >= 0.6 is 0 Å². The van der Waals surface area contributed by atoms with Crippen LogP contribution in [0.15, 0.2) is 24.3 Å². The van der Waals surface area contributed by atoms with Crippen LogP contribution in [0.5, 0.6) is 5.75 Å². The lowest BCUT2D eigenvalue weighted by Crippen LogP contribution is -2.24. The van der Waals surface area contributed by atoms with Crippen LogP contribution in [0.2, 0.25) is 0 Å². The molecule has 132 valence electrons. The third-order valence-electron chi connectivity index (χ3n) is 3.91. The minimum Gasteiger partial charge on any atom is -0.465 e. The topological polar surface area (TPSA) is 18.5 Å². The molecule has 2 unspecified atom stereocenters. The highest BCUT2D eigenvalue weighted by Crippen LogP contribution is 2.43. The fraction of sp³-hybridized carbons (Fsp3) is 0.714. The van der Waals surface area contributed by atoms with E-state index in [-0.39, 0.29) is 17.8 Å². The van der Waals surface area contributed by atoms with E-state index < -0.39 is 0 Å². The van der Waals surface area contributed by atoms with Gasteiger partial charge < -0.3 is 9.47 Å². The SMILES string of the molecule is CC(C)OC(C)Oc1ccc(C(CC(C)(C)C)C(C)(C)C)cc1. The molecule has 2 heteroatoms. The van der Waals surface area contributed by atoms with Gasteiger partial charge in [-0.15, -0.1) is 0 Å². The number of hydrogen-bond donors (Lipinski definition) is 0. The van der Waals surface area contributed by atoms with E-state index in [0.717, 1.165) is 5.75 Å². The van der Waals surface area contributed by atoms with Crippen molar-refractivity contribution in [1.29, 1.82) is 0 Å². The van der Waals surface area contributed by atoms with E-state index in [0.29, 0.717) is 11.3 Å². The van der Waals surface area contributed by atoms with Gasteiger partial charge in [-0.3, -0.25) is 0 Å². The Bertz CT molecular complexity index is 460. The summed E-state index contributed by atoms with van der Waals surface area (Å²) in [5.41, 5.74) is 1.94. The van der Waals surface area contributed by atoms with Crippen LogP contribution in [-0.2, 0) is 4.74 Å². The van der Waals surface area contributed by atoms with Crippen LogP contribution < -0.4 is 4.74 Å². The molecule has 1 aromatic carbocycles. The highest BCUT2D eigenvalue weighted by molar-refractivity contribution is 5.30. The Kier molecular flexibility index (Phi) is 6.70. The highest BCUT2D eigenvalue weighted by Gasteiger charge is 2.30. The summed E-state index contributed by atoms with van der Waals surface area (Å²) in [6.07, 6.45) is 1.11. The third-order valence-corrected chi connectivity index (χ3v) is 3.91. The molecular formula is C21H36O2. The lowest BCUT2D eigenvalue weighted by atomic mass is 9.69. The molecule has 0 fully saturated rings. The van der Waals surface area contributed by atoms with Crippen molar-refractivity contribution in [3.63, 3.8) is 0 Å². The quantitative estimate of drug-likeness (QED) is 0.564. The smallest absolute Gasteiger partial charge is 0.197 e. The summed E-state index contributed by atoms with van der Waals surface area (Å²) < 4.78 is 11.5. The first kappa shape index (κ1) is 20.0. The van der Waals surface area contributed by atoms with Gasteiger partial charge in [0.2, 0.25) is 0 Å². The molecule has 0 saturated heterocycles. The van der Waals surface area contributed by atoms with Crippen molar-refractivity contribution in [2.24, 2.45) is 10.8 Å². The van der Waals surface area contributed by atoms with E-state index in [1.165, 1.54) is 12.0 Å². The van der Waals surface area contributed by atoms with Crippen molar-refractivity contribution >= 4 is 0 Å². The maximum absolute atomic E-state index is 5.82. The third kappa shape index (κ3) is 7.39. The molecule has 0 N–H and O–H groups in total. The maximum atomic E-state index is 5.82. The molecule has 2 nitrogen and oxygen atoms in total. The van der Waals surface area contributed by atoms with Crippen LogP contribution in [0.1, 0.15) is 80.2 Å². The lowest BCUT2D eigenvalue weighted by Gasteiger charge is -2.36. The zero-order valence-corrected chi connectivity index (χ0v) is 16.6. The maximum Gasteiger partial charge on any atom is 0.197 e. The van der Waals surface area contributed by atoms with Gasteiger partial charge in [-0.2, -0.15) is 0 Å². The second-order valence-electron chi connectivity index (χ2n) is 9.12. The van der Waals surface area contributed by atoms with Gasteiger partial charge in [0, 0.05) is 0 Å². The number of ether oxygens (including phenoxy) is 2. The van der Waals surface area contributed by atoms with Gasteiger partial charge in [-0.1, -0.05) is 53.7 Å². The van der Waals surface area contributed by atoms with Crippen molar-refractivity contribution in [2.75, 3.05) is 0 Å². The second kappa shape index (κ2) is 7.70. The molecule has 0 radical (unpaired) electrons. The first-order valence-corrected chi connectivity index (χ1v) is 8.80. The monoisotopic (exact) mass is 320 g/mol. The summed E-state index contributed by atoms with van der Waals surface area (Å²) in [4.78, 5) is 0. The zero-order valence-electron chi connectivity index (χ0n) is 16.6. The van der Waals surface area contributed by atoms with E-state index >= 15 is 0 Å². The molecular weight excluding hydrogens is 284 g/mol. The van der Waals surface area contributed by atoms with E-state index in [9.17, 15) is 0 Å². The average molecular weight is 321 g/mol. The van der Waals surface area contributed by atoms with Crippen LogP contribution in [0.4, 0.5) is 0 Å². The van der Waals surface area contributed by atoms with E-state index in [1.54, 1.807) is 0 Å². The van der Waals surface area contributed by atoms with Gasteiger partial charge in [0.15, 0.2) is 6.29 Å². The Morgan fingerprint density at radius 3 is 1.78 bits per heavy atom. The van der Waals surface area contributed by atoms with Crippen molar-refractivity contribution in [3.05, 3.63) is 29.8 Å². The van der Waals surface area contributed by atoms with Crippen molar-refractivity contribution in [3.8, 4) is 5.75 Å². The molecule has 1 aromatic rings. The molecule has 0 saturated carbocycles. The Labute approximate surface area is 143 Å². The van der Waals surface area contributed by atoms with Gasteiger partial charge in [0.1, 0.15) is 5.75 Å². The summed E-state index contributed by atoms with van der Waals surface area (Å²) >= 11 is 0. The molecule has 0 amide bonds. The fourth-order valence-corrected chi connectivity index (χ4v) is 2.92. The fourth-order valence-electron chi connectivity index (χ4n) is 2.92. The highest BCUT2D eigenvalue weighted by atomic mass is 16.7. The molecule has 0 heterocycles. The van der Waals surface area contributed by atoms with E-state index in [4.69, 9.17) is 9.47 Å². The van der Waals surface area contributed by atoms with Gasteiger partial charge in [0.25, 0.3) is 0 Å². The Morgan fingerprint density at radius 2 is 1.39 bits per heavy atom. The Balaban J connectivity index is 2.87. The second-order valence-corrected chi connectivity index (χ2v) is 9.12. The number of rotatable bonds is 6. The molecule has 0 aliphatic heterocycles.